The summed E-state index contributed by atoms with van der Waals surface area (Å²) in [5, 5.41) is 10.1. The number of nitrogens with zero attached hydrogens (tertiary/aromatic N) is 1. The van der Waals surface area contributed by atoms with E-state index >= 15 is 0 Å². The van der Waals surface area contributed by atoms with Crippen LogP contribution in [0, 0.1) is 0 Å². The summed E-state index contributed by atoms with van der Waals surface area (Å²) in [7, 11) is 0. The largest absolute Gasteiger partial charge is 0.382 e. The van der Waals surface area contributed by atoms with E-state index in [2.05, 4.69) is 11.9 Å². The summed E-state index contributed by atoms with van der Waals surface area (Å²) in [6, 6.07) is 3.84. The van der Waals surface area contributed by atoms with Crippen LogP contribution in [0.2, 0.25) is 0 Å². The van der Waals surface area contributed by atoms with Gasteiger partial charge >= 0.3 is 0 Å². The molecule has 0 spiro atoms. The van der Waals surface area contributed by atoms with Gasteiger partial charge in [-0.15, -0.1) is 0 Å². The summed E-state index contributed by atoms with van der Waals surface area (Å²) in [6.07, 6.45) is 3.85. The van der Waals surface area contributed by atoms with Crippen molar-refractivity contribution in [2.24, 2.45) is 0 Å². The number of rotatable bonds is 6. The minimum atomic E-state index is -1.19. The van der Waals surface area contributed by atoms with E-state index < -0.39 is 5.60 Å². The summed E-state index contributed by atoms with van der Waals surface area (Å²) < 4.78 is 0. The average molecular weight is 235 g/mol. The van der Waals surface area contributed by atoms with Crippen molar-refractivity contribution >= 4 is 5.78 Å². The van der Waals surface area contributed by atoms with Crippen molar-refractivity contribution in [3.63, 3.8) is 0 Å². The number of aromatic nitrogens is 1. The van der Waals surface area contributed by atoms with Crippen LogP contribution in [-0.2, 0) is 17.6 Å². The van der Waals surface area contributed by atoms with Gasteiger partial charge in [0.25, 0.3) is 0 Å². The number of aliphatic hydroxyl groups is 1. The molecule has 0 unspecified atom stereocenters. The summed E-state index contributed by atoms with van der Waals surface area (Å²) in [5.41, 5.74) is 0.695. The number of ketones is 1. The molecule has 0 fully saturated rings. The Morgan fingerprint density at radius 1 is 1.29 bits per heavy atom. The zero-order chi connectivity index (χ0) is 12.9. The highest BCUT2D eigenvalue weighted by molar-refractivity contribution is 5.88. The van der Waals surface area contributed by atoms with E-state index in [1.165, 1.54) is 0 Å². The van der Waals surface area contributed by atoms with Gasteiger partial charge < -0.3 is 5.11 Å². The molecular weight excluding hydrogens is 214 g/mol. The van der Waals surface area contributed by atoms with Crippen LogP contribution >= 0.6 is 0 Å². The minimum Gasteiger partial charge on any atom is -0.382 e. The Hall–Kier alpha value is -1.22. The minimum absolute atomic E-state index is 0.140. The second-order valence-electron chi connectivity index (χ2n) is 4.35. The monoisotopic (exact) mass is 235 g/mol. The highest BCUT2D eigenvalue weighted by Crippen LogP contribution is 2.18. The second-order valence-corrected chi connectivity index (χ2v) is 4.35. The number of Topliss-reactive ketones (excluding diaryl/α,β-unsaturated/α-hetero) is 1. The Morgan fingerprint density at radius 2 is 1.94 bits per heavy atom. The normalized spacial score (nSPS) is 11.5. The van der Waals surface area contributed by atoms with Gasteiger partial charge in [0.1, 0.15) is 5.60 Å². The molecule has 0 amide bonds. The first-order chi connectivity index (χ1) is 8.05. The lowest BCUT2D eigenvalue weighted by atomic mass is 9.89. The highest BCUT2D eigenvalue weighted by Gasteiger charge is 2.31. The van der Waals surface area contributed by atoms with Gasteiger partial charge in [-0.1, -0.05) is 26.8 Å². The number of carbonyl (C=O) groups excluding carboxylic acids is 1. The van der Waals surface area contributed by atoms with Crippen molar-refractivity contribution in [2.45, 2.75) is 52.1 Å². The van der Waals surface area contributed by atoms with Gasteiger partial charge in [0.15, 0.2) is 5.78 Å². The molecule has 0 atom stereocenters. The molecule has 1 rings (SSSR count). The smallest absolute Gasteiger partial charge is 0.170 e. The van der Waals surface area contributed by atoms with Crippen molar-refractivity contribution in [3.8, 4) is 0 Å². The van der Waals surface area contributed by atoms with Crippen LogP contribution in [0.3, 0.4) is 0 Å². The van der Waals surface area contributed by atoms with Gasteiger partial charge in [-0.05, 0) is 30.9 Å². The first-order valence-electron chi connectivity index (χ1n) is 6.25. The van der Waals surface area contributed by atoms with Crippen molar-refractivity contribution in [1.82, 2.24) is 4.98 Å². The molecule has 0 aliphatic rings. The molecule has 0 saturated heterocycles. The van der Waals surface area contributed by atoms with Crippen LogP contribution < -0.4 is 0 Å². The molecule has 0 aliphatic heterocycles. The fraction of sp³-hybridized carbons (Fsp3) is 0.571. The zero-order valence-electron chi connectivity index (χ0n) is 10.9. The topological polar surface area (TPSA) is 50.2 Å². The van der Waals surface area contributed by atoms with Crippen LogP contribution in [0.5, 0.6) is 0 Å². The van der Waals surface area contributed by atoms with Crippen LogP contribution in [0.1, 0.15) is 44.9 Å². The van der Waals surface area contributed by atoms with Crippen molar-refractivity contribution in [3.05, 3.63) is 29.6 Å². The molecule has 17 heavy (non-hydrogen) atoms. The van der Waals surface area contributed by atoms with Crippen molar-refractivity contribution in [1.29, 1.82) is 0 Å². The van der Waals surface area contributed by atoms with E-state index in [-0.39, 0.29) is 12.2 Å². The third-order valence-electron chi connectivity index (χ3n) is 3.32. The molecule has 3 heteroatoms. The Bertz CT molecular complexity index is 366. The molecule has 1 aromatic rings. The standard InChI is InChI=1S/C14H21NO2/c1-4-11-7-8-12(15-10-11)9-13(16)14(17,5-2)6-3/h7-8,10,17H,4-6,9H2,1-3H3. The predicted octanol–water partition coefficient (Wildman–Crippen LogP) is 2.31. The van der Waals surface area contributed by atoms with Crippen molar-refractivity contribution in [2.75, 3.05) is 0 Å². The third kappa shape index (κ3) is 3.37. The fourth-order valence-electron chi connectivity index (χ4n) is 1.74. The first kappa shape index (κ1) is 13.8. The zero-order valence-corrected chi connectivity index (χ0v) is 10.9. The molecule has 0 radical (unpaired) electrons. The number of hydrogen-bond acceptors (Lipinski definition) is 3. The van der Waals surface area contributed by atoms with Crippen LogP contribution in [0.25, 0.3) is 0 Å². The molecule has 1 heterocycles. The van der Waals surface area contributed by atoms with Gasteiger partial charge in [0.05, 0.1) is 6.42 Å². The van der Waals surface area contributed by atoms with Crippen LogP contribution in [-0.4, -0.2) is 21.5 Å². The van der Waals surface area contributed by atoms with E-state index in [9.17, 15) is 9.90 Å². The SMILES string of the molecule is CCc1ccc(CC(=O)C(O)(CC)CC)nc1. The van der Waals surface area contributed by atoms with Gasteiger partial charge in [0.2, 0.25) is 0 Å². The van der Waals surface area contributed by atoms with Crippen LogP contribution in [0.15, 0.2) is 18.3 Å². The number of carbonyl (C=O) groups is 1. The quantitative estimate of drug-likeness (QED) is 0.823. The van der Waals surface area contributed by atoms with Gasteiger partial charge in [0, 0.05) is 11.9 Å². The number of pyridine rings is 1. The third-order valence-corrected chi connectivity index (χ3v) is 3.32. The lowest BCUT2D eigenvalue weighted by Crippen LogP contribution is -2.38. The van der Waals surface area contributed by atoms with Gasteiger partial charge in [-0.25, -0.2) is 0 Å². The summed E-state index contributed by atoms with van der Waals surface area (Å²) in [4.78, 5) is 16.2. The second kappa shape index (κ2) is 5.92. The summed E-state index contributed by atoms with van der Waals surface area (Å²) in [6.45, 7) is 5.72. The number of hydrogen-bond donors (Lipinski definition) is 1. The van der Waals surface area contributed by atoms with E-state index in [0.717, 1.165) is 17.7 Å². The number of aryl methyl sites for hydroxylation is 1. The predicted molar refractivity (Wildman–Crippen MR) is 67.9 cm³/mol. The Kier molecular flexibility index (Phi) is 4.82. The fourth-order valence-corrected chi connectivity index (χ4v) is 1.74. The van der Waals surface area contributed by atoms with Crippen molar-refractivity contribution < 1.29 is 9.90 Å². The van der Waals surface area contributed by atoms with E-state index in [4.69, 9.17) is 0 Å². The molecule has 3 nitrogen and oxygen atoms in total. The van der Waals surface area contributed by atoms with Crippen LogP contribution in [0.4, 0.5) is 0 Å². The molecule has 0 bridgehead atoms. The average Bonchev–Trinajstić information content (AvgIpc) is 2.38. The maximum atomic E-state index is 12.0. The Balaban J connectivity index is 2.73. The molecule has 94 valence electrons. The highest BCUT2D eigenvalue weighted by atomic mass is 16.3. The molecule has 0 saturated carbocycles. The lowest BCUT2D eigenvalue weighted by Gasteiger charge is -2.23. The van der Waals surface area contributed by atoms with Gasteiger partial charge in [-0.3, -0.25) is 9.78 Å². The molecule has 0 aromatic carbocycles. The summed E-state index contributed by atoms with van der Waals surface area (Å²) >= 11 is 0. The molecule has 0 aliphatic carbocycles. The Morgan fingerprint density at radius 3 is 2.35 bits per heavy atom. The van der Waals surface area contributed by atoms with Gasteiger partial charge in [-0.2, -0.15) is 0 Å². The maximum absolute atomic E-state index is 12.0. The molecular formula is C14H21NO2. The van der Waals surface area contributed by atoms with E-state index in [1.54, 1.807) is 6.20 Å². The van der Waals surface area contributed by atoms with E-state index in [1.807, 2.05) is 26.0 Å². The van der Waals surface area contributed by atoms with E-state index in [0.29, 0.717) is 12.8 Å². The Labute approximate surface area is 103 Å². The molecule has 1 N–H and O–H groups in total. The maximum Gasteiger partial charge on any atom is 0.170 e. The first-order valence-corrected chi connectivity index (χ1v) is 6.25. The molecule has 1 aromatic heterocycles. The summed E-state index contributed by atoms with van der Waals surface area (Å²) in [5.74, 6) is -0.140. The lowest BCUT2D eigenvalue weighted by molar-refractivity contribution is -0.137.